The van der Waals surface area contributed by atoms with E-state index >= 15 is 0 Å². The van der Waals surface area contributed by atoms with Crippen molar-refractivity contribution in [2.75, 3.05) is 6.61 Å². The molecule has 1 N–H and O–H groups in total. The van der Waals surface area contributed by atoms with Gasteiger partial charge in [0.25, 0.3) is 0 Å². The van der Waals surface area contributed by atoms with Gasteiger partial charge >= 0.3 is 0 Å². The van der Waals surface area contributed by atoms with E-state index in [4.69, 9.17) is 4.74 Å². The summed E-state index contributed by atoms with van der Waals surface area (Å²) in [5.74, 6) is 1.58. The summed E-state index contributed by atoms with van der Waals surface area (Å²) >= 11 is 0. The maximum Gasteiger partial charge on any atom is 0.209 e. The number of H-pyrrole nitrogens is 1. The van der Waals surface area contributed by atoms with Crippen molar-refractivity contribution < 1.29 is 4.74 Å². The number of hydrogen-bond acceptors (Lipinski definition) is 2. The van der Waals surface area contributed by atoms with Crippen LogP contribution in [0, 0.1) is 5.92 Å². The van der Waals surface area contributed by atoms with Gasteiger partial charge in [-0.1, -0.05) is 26.7 Å². The van der Waals surface area contributed by atoms with Crippen molar-refractivity contribution in [1.82, 2.24) is 10.2 Å². The smallest absolute Gasteiger partial charge is 0.209 e. The van der Waals surface area contributed by atoms with Crippen molar-refractivity contribution in [2.45, 2.75) is 39.5 Å². The Balaban J connectivity index is 0.000000293. The fourth-order valence-electron chi connectivity index (χ4n) is 1.19. The molecule has 0 radical (unpaired) electrons. The van der Waals surface area contributed by atoms with Crippen molar-refractivity contribution in [3.05, 3.63) is 12.3 Å². The van der Waals surface area contributed by atoms with Gasteiger partial charge in [0, 0.05) is 6.07 Å². The zero-order valence-electron chi connectivity index (χ0n) is 9.12. The van der Waals surface area contributed by atoms with Crippen LogP contribution < -0.4 is 4.74 Å². The van der Waals surface area contributed by atoms with E-state index in [9.17, 15) is 0 Å². The molecule has 3 nitrogen and oxygen atoms in total. The molecular formula is C11H20N2O. The van der Waals surface area contributed by atoms with Gasteiger partial charge in [-0.15, -0.1) is 0 Å². The van der Waals surface area contributed by atoms with E-state index in [1.807, 2.05) is 6.07 Å². The van der Waals surface area contributed by atoms with E-state index in [0.717, 1.165) is 18.4 Å². The zero-order valence-corrected chi connectivity index (χ0v) is 9.12. The fraction of sp³-hybridized carbons (Fsp3) is 0.727. The first-order valence-corrected chi connectivity index (χ1v) is 5.49. The molecule has 0 aromatic carbocycles. The highest BCUT2D eigenvalue weighted by atomic mass is 16.5. The van der Waals surface area contributed by atoms with E-state index in [1.165, 1.54) is 25.7 Å². The zero-order chi connectivity index (χ0) is 10.2. The van der Waals surface area contributed by atoms with Crippen LogP contribution in [0.15, 0.2) is 12.3 Å². The first kappa shape index (κ1) is 11.1. The van der Waals surface area contributed by atoms with Crippen molar-refractivity contribution in [3.63, 3.8) is 0 Å². The second kappa shape index (κ2) is 6.46. The highest BCUT2D eigenvalue weighted by molar-refractivity contribution is 5.04. The highest BCUT2D eigenvalue weighted by Crippen LogP contribution is 2.26. The monoisotopic (exact) mass is 196 g/mol. The normalized spacial score (nSPS) is 15.3. The first-order valence-electron chi connectivity index (χ1n) is 5.49. The van der Waals surface area contributed by atoms with Crippen LogP contribution >= 0.6 is 0 Å². The van der Waals surface area contributed by atoms with Crippen LogP contribution in [0.2, 0.25) is 0 Å². The van der Waals surface area contributed by atoms with Gasteiger partial charge in [0.05, 0.1) is 12.8 Å². The first-order chi connectivity index (χ1) is 6.86. The molecule has 1 aromatic heterocycles. The number of nitrogens with one attached hydrogen (secondary N) is 1. The molecule has 0 bridgehead atoms. The van der Waals surface area contributed by atoms with Crippen molar-refractivity contribution in [2.24, 2.45) is 5.92 Å². The molecule has 0 aliphatic heterocycles. The Morgan fingerprint density at radius 3 is 2.64 bits per heavy atom. The predicted molar refractivity (Wildman–Crippen MR) is 57.4 cm³/mol. The average molecular weight is 196 g/mol. The second-order valence-corrected chi connectivity index (χ2v) is 3.74. The summed E-state index contributed by atoms with van der Waals surface area (Å²) in [5.41, 5.74) is 0. The van der Waals surface area contributed by atoms with Crippen LogP contribution in [0.3, 0.4) is 0 Å². The molecular weight excluding hydrogens is 176 g/mol. The molecule has 1 aliphatic rings. The predicted octanol–water partition coefficient (Wildman–Crippen LogP) is 3.00. The molecule has 3 heteroatoms. The van der Waals surface area contributed by atoms with Gasteiger partial charge in [0.1, 0.15) is 0 Å². The van der Waals surface area contributed by atoms with Gasteiger partial charge in [0.2, 0.25) is 5.88 Å². The lowest BCUT2D eigenvalue weighted by molar-refractivity contribution is 0.175. The van der Waals surface area contributed by atoms with E-state index < -0.39 is 0 Å². The minimum Gasteiger partial charge on any atom is -0.478 e. The lowest BCUT2D eigenvalue weighted by atomic mass is 9.86. The minimum atomic E-state index is 0.789. The van der Waals surface area contributed by atoms with Crippen LogP contribution in [-0.2, 0) is 0 Å². The Morgan fingerprint density at radius 1 is 1.50 bits per heavy atom. The maximum atomic E-state index is 5.43. The molecule has 80 valence electrons. The molecule has 1 saturated carbocycles. The Morgan fingerprint density at radius 2 is 2.21 bits per heavy atom. The lowest BCUT2D eigenvalue weighted by Crippen LogP contribution is -2.19. The Hall–Kier alpha value is -0.990. The van der Waals surface area contributed by atoms with Crippen LogP contribution in [0.4, 0.5) is 0 Å². The number of nitrogens with zero attached hydrogens (tertiary/aromatic N) is 1. The fourth-order valence-corrected chi connectivity index (χ4v) is 1.19. The molecule has 1 aromatic rings. The summed E-state index contributed by atoms with van der Waals surface area (Å²) in [7, 11) is 0. The molecule has 0 saturated heterocycles. The van der Waals surface area contributed by atoms with E-state index in [2.05, 4.69) is 24.0 Å². The Bertz CT molecular complexity index is 217. The molecule has 1 fully saturated rings. The van der Waals surface area contributed by atoms with Crippen LogP contribution in [0.25, 0.3) is 0 Å². The molecule has 0 unspecified atom stereocenters. The van der Waals surface area contributed by atoms with Crippen LogP contribution in [-0.4, -0.2) is 16.8 Å². The third kappa shape index (κ3) is 3.81. The number of aromatic nitrogens is 2. The second-order valence-electron chi connectivity index (χ2n) is 3.74. The van der Waals surface area contributed by atoms with Crippen LogP contribution in [0.5, 0.6) is 5.88 Å². The van der Waals surface area contributed by atoms with Crippen molar-refractivity contribution >= 4 is 0 Å². The minimum absolute atomic E-state index is 0.789. The van der Waals surface area contributed by atoms with E-state index in [0.29, 0.717) is 0 Å². The molecule has 0 amide bonds. The summed E-state index contributed by atoms with van der Waals surface area (Å²) in [6.07, 6.45) is 6.98. The topological polar surface area (TPSA) is 37.9 Å². The molecule has 0 spiro atoms. The summed E-state index contributed by atoms with van der Waals surface area (Å²) in [6, 6.07) is 1.85. The van der Waals surface area contributed by atoms with E-state index in [1.54, 1.807) is 6.20 Å². The van der Waals surface area contributed by atoms with Gasteiger partial charge in [0.15, 0.2) is 0 Å². The van der Waals surface area contributed by atoms with Gasteiger partial charge in [-0.05, 0) is 18.8 Å². The van der Waals surface area contributed by atoms with Gasteiger partial charge in [-0.3, -0.25) is 0 Å². The molecule has 14 heavy (non-hydrogen) atoms. The molecule has 1 heterocycles. The number of hydrogen-bond donors (Lipinski definition) is 1. The third-order valence-electron chi connectivity index (χ3n) is 2.17. The maximum absolute atomic E-state index is 5.43. The number of rotatable bonds is 3. The van der Waals surface area contributed by atoms with Gasteiger partial charge < -0.3 is 4.74 Å². The third-order valence-corrected chi connectivity index (χ3v) is 2.17. The van der Waals surface area contributed by atoms with E-state index in [-0.39, 0.29) is 0 Å². The average Bonchev–Trinajstić information content (AvgIpc) is 2.55. The molecule has 1 aliphatic carbocycles. The summed E-state index contributed by atoms with van der Waals surface area (Å²) < 4.78 is 5.43. The summed E-state index contributed by atoms with van der Waals surface area (Å²) in [5, 5.41) is 6.56. The SMILES string of the molecule is CCC.c1cc(OCC2CCC2)[nH]n1. The van der Waals surface area contributed by atoms with Crippen LogP contribution in [0.1, 0.15) is 39.5 Å². The Kier molecular flexibility index (Phi) is 5.12. The van der Waals surface area contributed by atoms with Crippen molar-refractivity contribution in [1.29, 1.82) is 0 Å². The van der Waals surface area contributed by atoms with Gasteiger partial charge in [-0.25, -0.2) is 5.10 Å². The van der Waals surface area contributed by atoms with Crippen molar-refractivity contribution in [3.8, 4) is 5.88 Å². The number of aromatic amines is 1. The summed E-state index contributed by atoms with van der Waals surface area (Å²) in [6.45, 7) is 5.10. The molecule has 0 atom stereocenters. The quantitative estimate of drug-likeness (QED) is 0.807. The largest absolute Gasteiger partial charge is 0.478 e. The standard InChI is InChI=1S/C8H12N2O.C3H8/c1-2-7(3-1)6-11-8-4-5-9-10-8;1-3-2/h4-5,7H,1-3,6H2,(H,9,10);3H2,1-2H3. The summed E-state index contributed by atoms with van der Waals surface area (Å²) in [4.78, 5) is 0. The highest BCUT2D eigenvalue weighted by Gasteiger charge is 2.17. The molecule has 2 rings (SSSR count). The van der Waals surface area contributed by atoms with Gasteiger partial charge in [-0.2, -0.15) is 5.10 Å². The Labute approximate surface area is 85.9 Å². The lowest BCUT2D eigenvalue weighted by Gasteiger charge is -2.24. The number of ether oxygens (including phenoxy) is 1.